The summed E-state index contributed by atoms with van der Waals surface area (Å²) in [4.78, 5) is 18.6. The van der Waals surface area contributed by atoms with Crippen LogP contribution in [0.15, 0.2) is 0 Å². The molecule has 0 radical (unpaired) electrons. The largest absolute Gasteiger partial charge is 0.411 e. The molecule has 0 aromatic rings. The van der Waals surface area contributed by atoms with Crippen LogP contribution < -0.4 is 5.32 Å². The third-order valence-corrected chi connectivity index (χ3v) is 4.24. The predicted octanol–water partition coefficient (Wildman–Crippen LogP) is -0.203. The van der Waals surface area contributed by atoms with Gasteiger partial charge >= 0.3 is 8.56 Å². The molecule has 0 aliphatic carbocycles. The number of piperidine rings is 1. The molecule has 1 aliphatic rings. The number of nitrogens with one attached hydrogen (secondary N) is 1. The smallest absolute Gasteiger partial charge is 0.332 e. The molecule has 3 N–H and O–H groups in total. The lowest BCUT2D eigenvalue weighted by atomic mass is 10.2. The lowest BCUT2D eigenvalue weighted by Gasteiger charge is -2.28. The summed E-state index contributed by atoms with van der Waals surface area (Å²) in [6, 6.07) is 0. The normalized spacial score (nSPS) is 23.1. The second kappa shape index (κ2) is 3.00. The summed E-state index contributed by atoms with van der Waals surface area (Å²) in [6.07, 6.45) is 1.85. The average molecular weight is 161 g/mol. The molecule has 3 nitrogen and oxygen atoms in total. The fraction of sp³-hybridized carbons (Fsp3) is 1.00. The molecule has 0 unspecified atom stereocenters. The molecule has 0 aromatic carbocycles. The third-order valence-electron chi connectivity index (χ3n) is 2.11. The summed E-state index contributed by atoms with van der Waals surface area (Å²) in [6.45, 7) is 3.48. The van der Waals surface area contributed by atoms with Crippen LogP contribution in [-0.2, 0) is 0 Å². The van der Waals surface area contributed by atoms with Crippen molar-refractivity contribution in [2.24, 2.45) is 0 Å². The molecule has 0 bridgehead atoms. The van der Waals surface area contributed by atoms with Crippen molar-refractivity contribution in [1.29, 1.82) is 0 Å². The van der Waals surface area contributed by atoms with E-state index < -0.39 is 8.56 Å². The van der Waals surface area contributed by atoms with E-state index in [0.29, 0.717) is 0 Å². The van der Waals surface area contributed by atoms with Crippen molar-refractivity contribution in [3.05, 3.63) is 0 Å². The van der Waals surface area contributed by atoms with E-state index >= 15 is 0 Å². The zero-order chi connectivity index (χ0) is 7.61. The summed E-state index contributed by atoms with van der Waals surface area (Å²) in [5.74, 6) is 0. The topological polar surface area (TPSA) is 52.5 Å². The molecule has 0 saturated carbocycles. The van der Waals surface area contributed by atoms with Crippen molar-refractivity contribution in [1.82, 2.24) is 5.32 Å². The molecule has 10 heavy (non-hydrogen) atoms. The van der Waals surface area contributed by atoms with Crippen LogP contribution >= 0.6 is 0 Å². The van der Waals surface area contributed by atoms with Crippen molar-refractivity contribution in [2.75, 3.05) is 13.1 Å². The number of hydrogen-bond acceptors (Lipinski definition) is 3. The molecule has 0 spiro atoms. The number of rotatable bonds is 1. The highest BCUT2D eigenvalue weighted by molar-refractivity contribution is 6.64. The maximum atomic E-state index is 9.31. The lowest BCUT2D eigenvalue weighted by Crippen LogP contribution is -2.42. The van der Waals surface area contributed by atoms with Gasteiger partial charge in [0, 0.05) is 5.54 Å². The first kappa shape index (κ1) is 8.20. The minimum absolute atomic E-state index is 0.189. The Morgan fingerprint density at radius 1 is 1.30 bits per heavy atom. The molecule has 1 aliphatic heterocycles. The van der Waals surface area contributed by atoms with E-state index in [1.54, 1.807) is 6.55 Å². The van der Waals surface area contributed by atoms with Gasteiger partial charge in [0.1, 0.15) is 0 Å². The Labute approximate surface area is 62.3 Å². The van der Waals surface area contributed by atoms with Crippen molar-refractivity contribution >= 4 is 8.56 Å². The minimum Gasteiger partial charge on any atom is -0.411 e. The van der Waals surface area contributed by atoms with Gasteiger partial charge in [-0.25, -0.2) is 0 Å². The number of hydrogen-bond donors (Lipinski definition) is 3. The van der Waals surface area contributed by atoms with E-state index in [4.69, 9.17) is 0 Å². The molecular formula is C6H15NO2Si. The summed E-state index contributed by atoms with van der Waals surface area (Å²) in [5, 5.41) is 3.19. The van der Waals surface area contributed by atoms with Gasteiger partial charge in [0.2, 0.25) is 0 Å². The fourth-order valence-corrected chi connectivity index (χ4v) is 2.75. The first-order valence-electron chi connectivity index (χ1n) is 3.76. The molecule has 0 aromatic heterocycles. The Morgan fingerprint density at radius 2 is 1.80 bits per heavy atom. The molecule has 1 fully saturated rings. The second-order valence-corrected chi connectivity index (χ2v) is 6.12. The van der Waals surface area contributed by atoms with E-state index in [1.165, 1.54) is 0 Å². The minimum atomic E-state index is -2.80. The van der Waals surface area contributed by atoms with Gasteiger partial charge in [0.15, 0.2) is 0 Å². The molecule has 1 saturated heterocycles. The lowest BCUT2D eigenvalue weighted by molar-refractivity contribution is 0.324. The van der Waals surface area contributed by atoms with Crippen LogP contribution in [0.25, 0.3) is 0 Å². The Morgan fingerprint density at radius 3 is 2.10 bits per heavy atom. The first-order valence-corrected chi connectivity index (χ1v) is 6.23. The van der Waals surface area contributed by atoms with Crippen molar-refractivity contribution < 1.29 is 9.59 Å². The van der Waals surface area contributed by atoms with Crippen LogP contribution in [0.1, 0.15) is 12.8 Å². The Kier molecular flexibility index (Phi) is 2.46. The molecule has 1 rings (SSSR count). The van der Waals surface area contributed by atoms with E-state index in [1.807, 2.05) is 0 Å². The zero-order valence-electron chi connectivity index (χ0n) is 6.30. The summed E-state index contributed by atoms with van der Waals surface area (Å²) >= 11 is 0. The van der Waals surface area contributed by atoms with E-state index in [9.17, 15) is 9.59 Å². The van der Waals surface area contributed by atoms with Gasteiger partial charge < -0.3 is 14.9 Å². The summed E-state index contributed by atoms with van der Waals surface area (Å²) < 4.78 is 0. The van der Waals surface area contributed by atoms with Crippen molar-refractivity contribution in [3.8, 4) is 0 Å². The maximum absolute atomic E-state index is 9.31. The van der Waals surface area contributed by atoms with Gasteiger partial charge in [-0.2, -0.15) is 0 Å². The highest BCUT2D eigenvalue weighted by atomic mass is 28.4. The zero-order valence-corrected chi connectivity index (χ0v) is 7.30. The van der Waals surface area contributed by atoms with Crippen LogP contribution in [0.5, 0.6) is 0 Å². The monoisotopic (exact) mass is 161 g/mol. The molecule has 0 amide bonds. The quantitative estimate of drug-likeness (QED) is 0.467. The van der Waals surface area contributed by atoms with Gasteiger partial charge in [-0.3, -0.25) is 0 Å². The molecule has 60 valence electrons. The van der Waals surface area contributed by atoms with Crippen LogP contribution in [-0.4, -0.2) is 31.2 Å². The highest BCUT2D eigenvalue weighted by Crippen LogP contribution is 2.26. The third kappa shape index (κ3) is 2.05. The Hall–Kier alpha value is 0.0969. The van der Waals surface area contributed by atoms with Crippen LogP contribution in [0, 0.1) is 0 Å². The average Bonchev–Trinajstić information content (AvgIpc) is 1.88. The Bertz CT molecular complexity index is 107. The standard InChI is InChI=1S/C6H15NO2Si/c1-10(8,9)6-2-4-7-5-3-6/h6-9H,2-5H2,1H3. The van der Waals surface area contributed by atoms with Crippen LogP contribution in [0.2, 0.25) is 12.1 Å². The second-order valence-electron chi connectivity index (χ2n) is 3.12. The molecule has 1 heterocycles. The highest BCUT2D eigenvalue weighted by Gasteiger charge is 2.34. The van der Waals surface area contributed by atoms with Crippen LogP contribution in [0.4, 0.5) is 0 Å². The van der Waals surface area contributed by atoms with E-state index in [0.717, 1.165) is 25.9 Å². The Balaban J connectivity index is 2.39. The summed E-state index contributed by atoms with van der Waals surface area (Å²) in [5.41, 5.74) is 0.189. The van der Waals surface area contributed by atoms with Gasteiger partial charge in [-0.1, -0.05) is 0 Å². The molecule has 4 heteroatoms. The predicted molar refractivity (Wildman–Crippen MR) is 41.9 cm³/mol. The van der Waals surface area contributed by atoms with Crippen LogP contribution in [0.3, 0.4) is 0 Å². The maximum Gasteiger partial charge on any atom is 0.332 e. The van der Waals surface area contributed by atoms with Gasteiger partial charge in [0.05, 0.1) is 0 Å². The first-order chi connectivity index (χ1) is 4.61. The van der Waals surface area contributed by atoms with Gasteiger partial charge in [-0.05, 0) is 32.5 Å². The molecular weight excluding hydrogens is 146 g/mol. The fourth-order valence-electron chi connectivity index (χ4n) is 1.37. The van der Waals surface area contributed by atoms with Gasteiger partial charge in [0.25, 0.3) is 0 Å². The van der Waals surface area contributed by atoms with Crippen molar-refractivity contribution in [2.45, 2.75) is 24.9 Å². The summed E-state index contributed by atoms with van der Waals surface area (Å²) in [7, 11) is -2.80. The molecule has 0 atom stereocenters. The van der Waals surface area contributed by atoms with E-state index in [2.05, 4.69) is 5.32 Å². The van der Waals surface area contributed by atoms with Crippen molar-refractivity contribution in [3.63, 3.8) is 0 Å². The van der Waals surface area contributed by atoms with Gasteiger partial charge in [-0.15, -0.1) is 0 Å². The SMILES string of the molecule is C[Si](O)(O)C1CCNCC1. The van der Waals surface area contributed by atoms with E-state index in [-0.39, 0.29) is 5.54 Å².